The van der Waals surface area contributed by atoms with E-state index in [9.17, 15) is 13.2 Å². The number of pyridine rings is 1. The Hall–Kier alpha value is -2.19. The SMILES string of the molecule is CC(NS(C)(=O)=O)c1ccc(C(=O)c2cccnc2Sc2ccc(Cl)cc2)cc1. The molecule has 0 radical (unpaired) electrons. The molecule has 1 heterocycles. The molecule has 0 bridgehead atoms. The summed E-state index contributed by atoms with van der Waals surface area (Å²) < 4.78 is 25.3. The zero-order valence-corrected chi connectivity index (χ0v) is 18.2. The monoisotopic (exact) mass is 446 g/mol. The molecule has 5 nitrogen and oxygen atoms in total. The van der Waals surface area contributed by atoms with Crippen molar-refractivity contribution in [2.45, 2.75) is 22.9 Å². The molecule has 29 heavy (non-hydrogen) atoms. The van der Waals surface area contributed by atoms with E-state index >= 15 is 0 Å². The first-order valence-corrected chi connectivity index (χ1v) is 11.8. The van der Waals surface area contributed by atoms with Crippen molar-refractivity contribution in [2.24, 2.45) is 0 Å². The standard InChI is InChI=1S/C21H19ClN2O3S2/c1-14(24-29(2,26)27)15-5-7-16(8-6-15)20(25)19-4-3-13-23-21(19)28-18-11-9-17(22)10-12-18/h3-14,24H,1-2H3. The number of halogens is 1. The lowest BCUT2D eigenvalue weighted by molar-refractivity contribution is 0.103. The number of hydrogen-bond acceptors (Lipinski definition) is 5. The Morgan fingerprint density at radius 3 is 2.34 bits per heavy atom. The minimum absolute atomic E-state index is 0.148. The van der Waals surface area contributed by atoms with Gasteiger partial charge in [0, 0.05) is 27.7 Å². The second-order valence-corrected chi connectivity index (χ2v) is 9.75. The van der Waals surface area contributed by atoms with Crippen molar-refractivity contribution in [3.8, 4) is 0 Å². The molecule has 3 aromatic rings. The van der Waals surface area contributed by atoms with Crippen molar-refractivity contribution in [1.29, 1.82) is 0 Å². The number of nitrogens with one attached hydrogen (secondary N) is 1. The van der Waals surface area contributed by atoms with Gasteiger partial charge in [-0.2, -0.15) is 0 Å². The van der Waals surface area contributed by atoms with E-state index in [0.29, 0.717) is 21.2 Å². The van der Waals surface area contributed by atoms with E-state index < -0.39 is 10.0 Å². The van der Waals surface area contributed by atoms with Gasteiger partial charge in [0.05, 0.1) is 11.8 Å². The van der Waals surface area contributed by atoms with Crippen LogP contribution >= 0.6 is 23.4 Å². The van der Waals surface area contributed by atoms with Gasteiger partial charge in [-0.25, -0.2) is 18.1 Å². The van der Waals surface area contributed by atoms with Crippen molar-refractivity contribution in [1.82, 2.24) is 9.71 Å². The lowest BCUT2D eigenvalue weighted by Gasteiger charge is -2.13. The molecule has 0 aliphatic carbocycles. The third-order valence-corrected chi connectivity index (χ3v) is 6.17. The van der Waals surface area contributed by atoms with E-state index in [-0.39, 0.29) is 11.8 Å². The van der Waals surface area contributed by atoms with Crippen LogP contribution < -0.4 is 4.72 Å². The lowest BCUT2D eigenvalue weighted by Crippen LogP contribution is -2.25. The lowest BCUT2D eigenvalue weighted by atomic mass is 10.0. The van der Waals surface area contributed by atoms with Crippen molar-refractivity contribution in [3.05, 3.63) is 88.6 Å². The van der Waals surface area contributed by atoms with Crippen LogP contribution in [0.1, 0.15) is 34.5 Å². The molecule has 1 atom stereocenters. The third kappa shape index (κ3) is 5.90. The molecule has 1 aromatic heterocycles. The molecule has 0 aliphatic rings. The molecule has 1 N–H and O–H groups in total. The Balaban J connectivity index is 1.82. The highest BCUT2D eigenvalue weighted by molar-refractivity contribution is 7.99. The van der Waals surface area contributed by atoms with Crippen LogP contribution in [0.4, 0.5) is 0 Å². The maximum absolute atomic E-state index is 13.0. The van der Waals surface area contributed by atoms with Crippen LogP contribution in [0, 0.1) is 0 Å². The molecule has 0 saturated heterocycles. The number of rotatable bonds is 7. The van der Waals surface area contributed by atoms with E-state index in [1.54, 1.807) is 61.7 Å². The Morgan fingerprint density at radius 2 is 1.72 bits per heavy atom. The van der Waals surface area contributed by atoms with Gasteiger partial charge >= 0.3 is 0 Å². The number of nitrogens with zero attached hydrogens (tertiary/aromatic N) is 1. The molecule has 8 heteroatoms. The summed E-state index contributed by atoms with van der Waals surface area (Å²) in [6, 6.07) is 17.3. The van der Waals surface area contributed by atoms with Gasteiger partial charge in [-0.05, 0) is 48.9 Å². The van der Waals surface area contributed by atoms with Crippen LogP contribution in [-0.2, 0) is 10.0 Å². The van der Waals surface area contributed by atoms with E-state index in [1.165, 1.54) is 11.8 Å². The van der Waals surface area contributed by atoms with E-state index in [4.69, 9.17) is 11.6 Å². The summed E-state index contributed by atoms with van der Waals surface area (Å²) >= 11 is 7.32. The van der Waals surface area contributed by atoms with E-state index in [0.717, 1.165) is 16.7 Å². The van der Waals surface area contributed by atoms with Crippen molar-refractivity contribution in [2.75, 3.05) is 6.26 Å². The predicted octanol–water partition coefficient (Wildman–Crippen LogP) is 4.73. The Labute approximate surface area is 179 Å². The Morgan fingerprint density at radius 1 is 1.07 bits per heavy atom. The number of sulfonamides is 1. The normalized spacial score (nSPS) is 12.5. The highest BCUT2D eigenvalue weighted by Crippen LogP contribution is 2.30. The summed E-state index contributed by atoms with van der Waals surface area (Å²) in [4.78, 5) is 18.3. The highest BCUT2D eigenvalue weighted by atomic mass is 35.5. The van der Waals surface area contributed by atoms with Gasteiger partial charge in [0.2, 0.25) is 10.0 Å². The smallest absolute Gasteiger partial charge is 0.209 e. The van der Waals surface area contributed by atoms with Gasteiger partial charge in [0.1, 0.15) is 5.03 Å². The molecular weight excluding hydrogens is 428 g/mol. The summed E-state index contributed by atoms with van der Waals surface area (Å²) in [6.45, 7) is 1.75. The van der Waals surface area contributed by atoms with Crippen LogP contribution in [0.15, 0.2) is 76.8 Å². The highest BCUT2D eigenvalue weighted by Gasteiger charge is 2.17. The van der Waals surface area contributed by atoms with Crippen LogP contribution in [0.3, 0.4) is 0 Å². The van der Waals surface area contributed by atoms with Crippen molar-refractivity contribution >= 4 is 39.2 Å². The topological polar surface area (TPSA) is 76.1 Å². The summed E-state index contributed by atoms with van der Waals surface area (Å²) in [5, 5.41) is 1.25. The quantitative estimate of drug-likeness (QED) is 0.531. The molecule has 0 spiro atoms. The Kier molecular flexibility index (Phi) is 6.74. The molecule has 0 amide bonds. The fourth-order valence-electron chi connectivity index (χ4n) is 2.73. The molecule has 150 valence electrons. The largest absolute Gasteiger partial charge is 0.289 e. The average molecular weight is 447 g/mol. The molecule has 0 saturated carbocycles. The van der Waals surface area contributed by atoms with Crippen LogP contribution in [0.2, 0.25) is 5.02 Å². The van der Waals surface area contributed by atoms with E-state index in [2.05, 4.69) is 9.71 Å². The summed E-state index contributed by atoms with van der Waals surface area (Å²) in [6.07, 6.45) is 2.76. The molecule has 3 rings (SSSR count). The minimum Gasteiger partial charge on any atom is -0.289 e. The second kappa shape index (κ2) is 9.09. The van der Waals surface area contributed by atoms with Crippen LogP contribution in [0.25, 0.3) is 0 Å². The fourth-order valence-corrected chi connectivity index (χ4v) is 4.51. The second-order valence-electron chi connectivity index (χ2n) is 6.47. The average Bonchev–Trinajstić information content (AvgIpc) is 2.68. The van der Waals surface area contributed by atoms with Gasteiger partial charge in [0.15, 0.2) is 5.78 Å². The number of hydrogen-bond donors (Lipinski definition) is 1. The Bertz CT molecular complexity index is 1120. The molecule has 0 fully saturated rings. The molecular formula is C21H19ClN2O3S2. The van der Waals surface area contributed by atoms with Gasteiger partial charge < -0.3 is 0 Å². The molecule has 1 unspecified atom stereocenters. The van der Waals surface area contributed by atoms with Gasteiger partial charge in [-0.3, -0.25) is 4.79 Å². The number of ketones is 1. The zero-order valence-electron chi connectivity index (χ0n) is 15.8. The van der Waals surface area contributed by atoms with Crippen LogP contribution in [-0.4, -0.2) is 25.4 Å². The first-order chi connectivity index (χ1) is 13.7. The number of carbonyl (C=O) groups is 1. The van der Waals surface area contributed by atoms with Crippen molar-refractivity contribution < 1.29 is 13.2 Å². The van der Waals surface area contributed by atoms with Gasteiger partial charge in [0.25, 0.3) is 0 Å². The number of aromatic nitrogens is 1. The summed E-state index contributed by atoms with van der Waals surface area (Å²) in [5.41, 5.74) is 1.78. The maximum Gasteiger partial charge on any atom is 0.209 e. The molecule has 0 aliphatic heterocycles. The van der Waals surface area contributed by atoms with Gasteiger partial charge in [-0.1, -0.05) is 47.6 Å². The number of benzene rings is 2. The number of carbonyl (C=O) groups excluding carboxylic acids is 1. The predicted molar refractivity (Wildman–Crippen MR) is 116 cm³/mol. The van der Waals surface area contributed by atoms with Gasteiger partial charge in [-0.15, -0.1) is 0 Å². The third-order valence-electron chi connectivity index (χ3n) is 4.11. The van der Waals surface area contributed by atoms with Crippen molar-refractivity contribution in [3.63, 3.8) is 0 Å². The fraction of sp³-hybridized carbons (Fsp3) is 0.143. The van der Waals surface area contributed by atoms with Crippen LogP contribution in [0.5, 0.6) is 0 Å². The summed E-state index contributed by atoms with van der Waals surface area (Å²) in [7, 11) is -3.32. The maximum atomic E-state index is 13.0. The minimum atomic E-state index is -3.32. The van der Waals surface area contributed by atoms with E-state index in [1.807, 2.05) is 12.1 Å². The first kappa shape index (κ1) is 21.5. The zero-order chi connectivity index (χ0) is 21.0. The molecule has 2 aromatic carbocycles. The first-order valence-electron chi connectivity index (χ1n) is 8.73. The summed E-state index contributed by atoms with van der Waals surface area (Å²) in [5.74, 6) is -0.148.